The van der Waals surface area contributed by atoms with E-state index in [2.05, 4.69) is 53.8 Å². The maximum atomic E-state index is 13.5. The van der Waals surface area contributed by atoms with Crippen molar-refractivity contribution in [2.75, 3.05) is 0 Å². The van der Waals surface area contributed by atoms with Crippen molar-refractivity contribution >= 4 is 5.78 Å². The van der Waals surface area contributed by atoms with E-state index in [9.17, 15) is 4.79 Å². The normalized spacial score (nSPS) is 28.2. The Hall–Kier alpha value is -1.93. The van der Waals surface area contributed by atoms with Gasteiger partial charge in [-0.25, -0.2) is 0 Å². The molecule has 1 N–H and O–H groups in total. The number of carbonyl (C=O) groups excluding carboxylic acids is 1. The first-order valence-corrected chi connectivity index (χ1v) is 9.29. The lowest BCUT2D eigenvalue weighted by Crippen LogP contribution is -2.50. The van der Waals surface area contributed by atoms with Crippen molar-refractivity contribution in [1.29, 1.82) is 0 Å². The highest BCUT2D eigenvalue weighted by Gasteiger charge is 2.41. The van der Waals surface area contributed by atoms with Crippen LogP contribution in [0.25, 0.3) is 11.1 Å². The summed E-state index contributed by atoms with van der Waals surface area (Å²) in [5, 5.41) is 3.71. The van der Waals surface area contributed by atoms with E-state index < -0.39 is 0 Å². The highest BCUT2D eigenvalue weighted by Crippen LogP contribution is 2.47. The van der Waals surface area contributed by atoms with Crippen molar-refractivity contribution in [3.63, 3.8) is 0 Å². The SMILES string of the molecule is O=C(C1CC2CCCC(C1)N2)C1c2ccccc2-c2ccccc21. The predicted molar refractivity (Wildman–Crippen MR) is 96.0 cm³/mol. The van der Waals surface area contributed by atoms with Gasteiger partial charge in [-0.1, -0.05) is 55.0 Å². The molecule has 2 aromatic carbocycles. The van der Waals surface area contributed by atoms with Crippen molar-refractivity contribution < 1.29 is 4.79 Å². The Morgan fingerprint density at radius 1 is 0.833 bits per heavy atom. The third kappa shape index (κ3) is 2.16. The van der Waals surface area contributed by atoms with Gasteiger partial charge in [-0.05, 0) is 47.9 Å². The summed E-state index contributed by atoms with van der Waals surface area (Å²) in [7, 11) is 0. The molecule has 0 spiro atoms. The van der Waals surface area contributed by atoms with Crippen molar-refractivity contribution in [3.8, 4) is 11.1 Å². The van der Waals surface area contributed by atoms with Crippen LogP contribution in [-0.2, 0) is 4.79 Å². The molecule has 0 aromatic heterocycles. The fraction of sp³-hybridized carbons (Fsp3) is 0.409. The second-order valence-electron chi connectivity index (χ2n) is 7.67. The van der Waals surface area contributed by atoms with Crippen molar-refractivity contribution in [1.82, 2.24) is 5.32 Å². The molecule has 2 unspecified atom stereocenters. The first kappa shape index (κ1) is 14.4. The van der Waals surface area contributed by atoms with E-state index in [0.717, 1.165) is 12.8 Å². The lowest BCUT2D eigenvalue weighted by Gasteiger charge is -2.40. The number of hydrogen-bond donors (Lipinski definition) is 1. The molecule has 0 saturated carbocycles. The van der Waals surface area contributed by atoms with Crippen LogP contribution < -0.4 is 5.32 Å². The molecule has 2 fully saturated rings. The number of piperidine rings is 2. The lowest BCUT2D eigenvalue weighted by atomic mass is 9.74. The van der Waals surface area contributed by atoms with Crippen molar-refractivity contribution in [2.45, 2.75) is 50.1 Å². The Balaban J connectivity index is 1.53. The minimum atomic E-state index is -0.0544. The monoisotopic (exact) mass is 317 g/mol. The fourth-order valence-electron chi connectivity index (χ4n) is 5.20. The van der Waals surface area contributed by atoms with Gasteiger partial charge < -0.3 is 5.32 Å². The van der Waals surface area contributed by atoms with E-state index in [0.29, 0.717) is 17.9 Å². The molecule has 2 bridgehead atoms. The minimum Gasteiger partial charge on any atom is -0.311 e. The number of rotatable bonds is 2. The fourth-order valence-corrected chi connectivity index (χ4v) is 5.20. The highest BCUT2D eigenvalue weighted by molar-refractivity contribution is 5.98. The molecule has 0 radical (unpaired) electrons. The van der Waals surface area contributed by atoms with Crippen LogP contribution in [0.4, 0.5) is 0 Å². The summed E-state index contributed by atoms with van der Waals surface area (Å²) in [6, 6.07) is 18.0. The summed E-state index contributed by atoms with van der Waals surface area (Å²) in [5.74, 6) is 0.609. The molecule has 2 heteroatoms. The van der Waals surface area contributed by atoms with Crippen molar-refractivity contribution in [2.24, 2.45) is 5.92 Å². The second-order valence-corrected chi connectivity index (χ2v) is 7.67. The van der Waals surface area contributed by atoms with Crippen LogP contribution in [0.2, 0.25) is 0 Å². The molecule has 2 heterocycles. The van der Waals surface area contributed by atoms with Crippen LogP contribution in [0, 0.1) is 5.92 Å². The molecule has 0 amide bonds. The standard InChI is InChI=1S/C22H23NO/c24-22(14-12-15-6-5-7-16(13-14)23-15)21-19-10-3-1-8-17(19)18-9-2-4-11-20(18)21/h1-4,8-11,14-16,21,23H,5-7,12-13H2. The summed E-state index contributed by atoms with van der Waals surface area (Å²) < 4.78 is 0. The number of hydrogen-bond acceptors (Lipinski definition) is 2. The Morgan fingerprint density at radius 2 is 1.38 bits per heavy atom. The predicted octanol–water partition coefficient (Wildman–Crippen LogP) is 4.29. The van der Waals surface area contributed by atoms with Crippen molar-refractivity contribution in [3.05, 3.63) is 59.7 Å². The lowest BCUT2D eigenvalue weighted by molar-refractivity contribution is -0.125. The average Bonchev–Trinajstić information content (AvgIpc) is 2.95. The zero-order valence-corrected chi connectivity index (χ0v) is 13.9. The van der Waals surface area contributed by atoms with E-state index in [1.807, 2.05) is 0 Å². The topological polar surface area (TPSA) is 29.1 Å². The largest absolute Gasteiger partial charge is 0.311 e. The maximum Gasteiger partial charge on any atom is 0.147 e. The van der Waals surface area contributed by atoms with E-state index in [1.54, 1.807) is 0 Å². The van der Waals surface area contributed by atoms with Crippen LogP contribution >= 0.6 is 0 Å². The highest BCUT2D eigenvalue weighted by atomic mass is 16.1. The van der Waals surface area contributed by atoms with Gasteiger partial charge in [-0.15, -0.1) is 0 Å². The van der Waals surface area contributed by atoms with Gasteiger partial charge in [-0.2, -0.15) is 0 Å². The molecular formula is C22H23NO. The zero-order valence-electron chi connectivity index (χ0n) is 13.9. The molecule has 3 aliphatic rings. The van der Waals surface area contributed by atoms with Crippen LogP contribution in [0.5, 0.6) is 0 Å². The van der Waals surface area contributed by atoms with Crippen LogP contribution in [0.1, 0.15) is 49.1 Å². The molecule has 1 aliphatic carbocycles. The van der Waals surface area contributed by atoms with Gasteiger partial charge >= 0.3 is 0 Å². The molecule has 2 aromatic rings. The quantitative estimate of drug-likeness (QED) is 0.895. The Morgan fingerprint density at radius 3 is 1.96 bits per heavy atom. The first-order chi connectivity index (χ1) is 11.8. The molecule has 2 saturated heterocycles. The summed E-state index contributed by atoms with van der Waals surface area (Å²) >= 11 is 0. The number of ketones is 1. The van der Waals surface area contributed by atoms with Gasteiger partial charge in [0.25, 0.3) is 0 Å². The van der Waals surface area contributed by atoms with E-state index in [4.69, 9.17) is 0 Å². The molecular weight excluding hydrogens is 294 g/mol. The third-order valence-electron chi connectivity index (χ3n) is 6.24. The maximum absolute atomic E-state index is 13.5. The molecule has 2 aliphatic heterocycles. The van der Waals surface area contributed by atoms with E-state index in [-0.39, 0.29) is 11.8 Å². The van der Waals surface area contributed by atoms with Gasteiger partial charge in [0.1, 0.15) is 5.78 Å². The number of carbonyl (C=O) groups is 1. The van der Waals surface area contributed by atoms with Gasteiger partial charge in [-0.3, -0.25) is 4.79 Å². The number of fused-ring (bicyclic) bond motifs is 5. The summed E-state index contributed by atoms with van der Waals surface area (Å²) in [6.07, 6.45) is 5.83. The minimum absolute atomic E-state index is 0.0544. The van der Waals surface area contributed by atoms with Crippen LogP contribution in [-0.4, -0.2) is 17.9 Å². The summed E-state index contributed by atoms with van der Waals surface area (Å²) in [4.78, 5) is 13.5. The second kappa shape index (κ2) is 5.56. The number of benzene rings is 2. The zero-order chi connectivity index (χ0) is 16.1. The van der Waals surface area contributed by atoms with Crippen LogP contribution in [0.15, 0.2) is 48.5 Å². The molecule has 24 heavy (non-hydrogen) atoms. The molecule has 122 valence electrons. The first-order valence-electron chi connectivity index (χ1n) is 9.29. The number of Topliss-reactive ketones (excluding diaryl/α,β-unsaturated/α-hetero) is 1. The van der Waals surface area contributed by atoms with Crippen LogP contribution in [0.3, 0.4) is 0 Å². The summed E-state index contributed by atoms with van der Waals surface area (Å²) in [5.41, 5.74) is 4.93. The van der Waals surface area contributed by atoms with Gasteiger partial charge in [0.2, 0.25) is 0 Å². The van der Waals surface area contributed by atoms with Gasteiger partial charge in [0, 0.05) is 18.0 Å². The van der Waals surface area contributed by atoms with E-state index in [1.165, 1.54) is 41.5 Å². The average molecular weight is 317 g/mol. The Labute approximate surface area is 143 Å². The molecule has 2 atom stereocenters. The molecule has 5 rings (SSSR count). The molecule has 2 nitrogen and oxygen atoms in total. The van der Waals surface area contributed by atoms with Gasteiger partial charge in [0.15, 0.2) is 0 Å². The number of nitrogens with one attached hydrogen (secondary N) is 1. The summed E-state index contributed by atoms with van der Waals surface area (Å²) in [6.45, 7) is 0. The van der Waals surface area contributed by atoms with E-state index >= 15 is 0 Å². The Bertz CT molecular complexity index is 739. The Kier molecular flexibility index (Phi) is 3.34. The van der Waals surface area contributed by atoms with Gasteiger partial charge in [0.05, 0.1) is 5.92 Å². The smallest absolute Gasteiger partial charge is 0.147 e. The third-order valence-corrected chi connectivity index (χ3v) is 6.24.